The lowest BCUT2D eigenvalue weighted by atomic mass is 10.1. The van der Waals surface area contributed by atoms with E-state index in [9.17, 15) is 9.59 Å². The molecule has 0 saturated carbocycles. The topological polar surface area (TPSA) is 66.0 Å². The average Bonchev–Trinajstić information content (AvgIpc) is 2.72. The van der Waals surface area contributed by atoms with Crippen LogP contribution in [-0.2, 0) is 11.3 Å². The molecule has 0 bridgehead atoms. The van der Waals surface area contributed by atoms with Crippen molar-refractivity contribution in [3.8, 4) is 0 Å². The van der Waals surface area contributed by atoms with E-state index in [1.165, 1.54) is 0 Å². The van der Waals surface area contributed by atoms with E-state index in [-0.39, 0.29) is 18.0 Å². The van der Waals surface area contributed by atoms with Crippen LogP contribution in [0, 0.1) is 0 Å². The molecule has 0 spiro atoms. The lowest BCUT2D eigenvalue weighted by molar-refractivity contribution is 0.000553. The van der Waals surface area contributed by atoms with Gasteiger partial charge in [-0.25, -0.2) is 9.78 Å². The summed E-state index contributed by atoms with van der Waals surface area (Å²) in [6.45, 7) is 10.7. The van der Waals surface area contributed by atoms with Gasteiger partial charge in [-0.15, -0.1) is 0 Å². The van der Waals surface area contributed by atoms with E-state index in [1.54, 1.807) is 35.0 Å². The Kier molecular flexibility index (Phi) is 7.41. The highest BCUT2D eigenvalue weighted by atomic mass is 35.5. The number of pyridine rings is 1. The van der Waals surface area contributed by atoms with E-state index >= 15 is 0 Å². The molecule has 2 heterocycles. The minimum absolute atomic E-state index is 0.0758. The first-order chi connectivity index (χ1) is 15.0. The summed E-state index contributed by atoms with van der Waals surface area (Å²) in [5, 5.41) is 0.292. The maximum atomic E-state index is 12.7. The van der Waals surface area contributed by atoms with Crippen molar-refractivity contribution in [2.24, 2.45) is 0 Å². The van der Waals surface area contributed by atoms with Gasteiger partial charge in [0.05, 0.1) is 0 Å². The number of aromatic nitrogens is 1. The summed E-state index contributed by atoms with van der Waals surface area (Å²) in [5.74, 6) is -0.215. The summed E-state index contributed by atoms with van der Waals surface area (Å²) < 4.78 is 5.52. The number of nitrogens with zero attached hydrogens (tertiary/aromatic N) is 4. The Hall–Kier alpha value is -2.64. The Bertz CT molecular complexity index is 958. The van der Waals surface area contributed by atoms with E-state index < -0.39 is 5.60 Å². The molecule has 1 saturated heterocycles. The number of halogens is 1. The predicted molar refractivity (Wildman–Crippen MR) is 126 cm³/mol. The molecule has 0 N–H and O–H groups in total. The highest BCUT2D eigenvalue weighted by molar-refractivity contribution is 6.29. The number of hydrogen-bond donors (Lipinski definition) is 0. The summed E-state index contributed by atoms with van der Waals surface area (Å²) in [6.07, 6.45) is -0.254. The number of carbonyl (C=O) groups is 2. The Morgan fingerprint density at radius 3 is 2.44 bits per heavy atom. The van der Waals surface area contributed by atoms with Gasteiger partial charge >= 0.3 is 6.09 Å². The zero-order valence-electron chi connectivity index (χ0n) is 19.3. The van der Waals surface area contributed by atoms with Crippen LogP contribution in [0.15, 0.2) is 42.5 Å². The molecular formula is C24H31ClN4O3. The summed E-state index contributed by atoms with van der Waals surface area (Å²) in [6, 6.07) is 13.0. The number of rotatable bonds is 4. The quantitative estimate of drug-likeness (QED) is 0.633. The van der Waals surface area contributed by atoms with Gasteiger partial charge in [0.1, 0.15) is 16.4 Å². The highest BCUT2D eigenvalue weighted by Gasteiger charge is 2.30. The Morgan fingerprint density at radius 2 is 1.84 bits per heavy atom. The molecule has 1 aromatic carbocycles. The van der Waals surface area contributed by atoms with Gasteiger partial charge in [0.15, 0.2) is 0 Å². The lowest BCUT2D eigenvalue weighted by Crippen LogP contribution is -2.54. The standard InChI is InChI=1S/C24H31ClN4O3/c1-17-15-28(13-14-29(17)23(31)32-24(2,3)4)16-18-9-11-19(12-10-18)27(5)22(30)20-7-6-8-21(25)26-20/h6-12,17H,13-16H2,1-5H3/t17-/m0/s1. The first kappa shape index (κ1) is 24.0. The van der Waals surface area contributed by atoms with Crippen LogP contribution < -0.4 is 4.90 Å². The predicted octanol–water partition coefficient (Wildman–Crippen LogP) is 4.45. The van der Waals surface area contributed by atoms with Crippen molar-refractivity contribution in [2.45, 2.75) is 45.9 Å². The summed E-state index contributed by atoms with van der Waals surface area (Å²) >= 11 is 5.90. The number of anilines is 1. The van der Waals surface area contributed by atoms with Gasteiger partial charge in [0.25, 0.3) is 5.91 Å². The van der Waals surface area contributed by atoms with Crippen molar-refractivity contribution in [1.29, 1.82) is 0 Å². The second kappa shape index (κ2) is 9.88. The summed E-state index contributed by atoms with van der Waals surface area (Å²) in [4.78, 5) is 34.8. The van der Waals surface area contributed by atoms with Crippen LogP contribution in [0.1, 0.15) is 43.7 Å². The molecule has 1 aliphatic heterocycles. The molecule has 3 rings (SSSR count). The molecule has 2 amide bonds. The van der Waals surface area contributed by atoms with Crippen molar-refractivity contribution < 1.29 is 14.3 Å². The Balaban J connectivity index is 1.57. The Labute approximate surface area is 194 Å². The molecule has 7 nitrogen and oxygen atoms in total. The van der Waals surface area contributed by atoms with Gasteiger partial charge in [-0.05, 0) is 57.5 Å². The molecule has 0 radical (unpaired) electrons. The van der Waals surface area contributed by atoms with Crippen molar-refractivity contribution in [3.63, 3.8) is 0 Å². The lowest BCUT2D eigenvalue weighted by Gasteiger charge is -2.40. The van der Waals surface area contributed by atoms with Crippen LogP contribution in [-0.4, -0.2) is 65.1 Å². The molecular weight excluding hydrogens is 428 g/mol. The smallest absolute Gasteiger partial charge is 0.410 e. The molecule has 1 fully saturated rings. The molecule has 32 heavy (non-hydrogen) atoms. The molecule has 1 aliphatic rings. The van der Waals surface area contributed by atoms with Crippen molar-refractivity contribution in [3.05, 3.63) is 58.9 Å². The van der Waals surface area contributed by atoms with E-state index in [2.05, 4.69) is 9.88 Å². The molecule has 0 unspecified atom stereocenters. The maximum absolute atomic E-state index is 12.7. The first-order valence-electron chi connectivity index (χ1n) is 10.7. The SMILES string of the molecule is C[C@H]1CN(Cc2ccc(N(C)C(=O)c3cccc(Cl)n3)cc2)CCN1C(=O)OC(C)(C)C. The largest absolute Gasteiger partial charge is 0.444 e. The van der Waals surface area contributed by atoms with Crippen LogP contribution in [0.5, 0.6) is 0 Å². The van der Waals surface area contributed by atoms with Crippen LogP contribution in [0.3, 0.4) is 0 Å². The van der Waals surface area contributed by atoms with Crippen molar-refractivity contribution in [1.82, 2.24) is 14.8 Å². The Morgan fingerprint density at radius 1 is 1.16 bits per heavy atom. The molecule has 1 aromatic heterocycles. The minimum Gasteiger partial charge on any atom is -0.444 e. The second-order valence-corrected chi connectivity index (χ2v) is 9.52. The number of benzene rings is 1. The van der Waals surface area contributed by atoms with Crippen LogP contribution in [0.25, 0.3) is 0 Å². The minimum atomic E-state index is -0.493. The van der Waals surface area contributed by atoms with Crippen molar-refractivity contribution in [2.75, 3.05) is 31.6 Å². The van der Waals surface area contributed by atoms with E-state index in [0.717, 1.165) is 30.9 Å². The fourth-order valence-electron chi connectivity index (χ4n) is 3.67. The van der Waals surface area contributed by atoms with Crippen LogP contribution in [0.4, 0.5) is 10.5 Å². The first-order valence-corrected chi connectivity index (χ1v) is 11.1. The number of hydrogen-bond acceptors (Lipinski definition) is 5. The summed E-state index contributed by atoms with van der Waals surface area (Å²) in [7, 11) is 1.72. The number of ether oxygens (including phenoxy) is 1. The summed E-state index contributed by atoms with van der Waals surface area (Å²) in [5.41, 5.74) is 1.74. The molecule has 0 aliphatic carbocycles. The van der Waals surface area contributed by atoms with Gasteiger partial charge in [0.2, 0.25) is 0 Å². The molecule has 172 valence electrons. The number of amides is 2. The maximum Gasteiger partial charge on any atom is 0.410 e. The number of carbonyl (C=O) groups excluding carboxylic acids is 2. The average molecular weight is 459 g/mol. The van der Waals surface area contributed by atoms with Gasteiger partial charge < -0.3 is 14.5 Å². The van der Waals surface area contributed by atoms with E-state index in [1.807, 2.05) is 52.0 Å². The fraction of sp³-hybridized carbons (Fsp3) is 0.458. The van der Waals surface area contributed by atoms with Gasteiger partial charge in [-0.1, -0.05) is 29.8 Å². The zero-order valence-corrected chi connectivity index (χ0v) is 20.1. The van der Waals surface area contributed by atoms with Crippen molar-refractivity contribution >= 4 is 29.3 Å². The van der Waals surface area contributed by atoms with Crippen LogP contribution in [0.2, 0.25) is 5.15 Å². The molecule has 2 aromatic rings. The third-order valence-corrected chi connectivity index (χ3v) is 5.52. The third-order valence-electron chi connectivity index (χ3n) is 5.31. The van der Waals surface area contributed by atoms with Crippen LogP contribution >= 0.6 is 11.6 Å². The normalized spacial score (nSPS) is 17.2. The number of piperazine rings is 1. The fourth-order valence-corrected chi connectivity index (χ4v) is 3.83. The molecule has 1 atom stereocenters. The zero-order chi connectivity index (χ0) is 23.5. The second-order valence-electron chi connectivity index (χ2n) is 9.13. The van der Waals surface area contributed by atoms with Gasteiger partial charge in [0, 0.05) is 45.0 Å². The van der Waals surface area contributed by atoms with E-state index in [0.29, 0.717) is 17.4 Å². The monoisotopic (exact) mass is 458 g/mol. The van der Waals surface area contributed by atoms with Gasteiger partial charge in [-0.2, -0.15) is 0 Å². The highest BCUT2D eigenvalue weighted by Crippen LogP contribution is 2.20. The molecule has 8 heteroatoms. The van der Waals surface area contributed by atoms with E-state index in [4.69, 9.17) is 16.3 Å². The third kappa shape index (κ3) is 6.20. The van der Waals surface area contributed by atoms with Gasteiger partial charge in [-0.3, -0.25) is 9.69 Å².